The van der Waals surface area contributed by atoms with E-state index in [0.29, 0.717) is 58.3 Å². The van der Waals surface area contributed by atoms with Crippen molar-refractivity contribution in [2.75, 3.05) is 78.0 Å². The second kappa shape index (κ2) is 23.8. The molecule has 13 heteroatoms. The minimum atomic E-state index is -0.158. The van der Waals surface area contributed by atoms with Gasteiger partial charge in [-0.2, -0.15) is 0 Å². The van der Waals surface area contributed by atoms with Crippen LogP contribution in [0.15, 0.2) is 24.3 Å². The summed E-state index contributed by atoms with van der Waals surface area (Å²) >= 11 is 0. The van der Waals surface area contributed by atoms with Gasteiger partial charge in [0, 0.05) is 83.4 Å². The number of nitrogens with zero attached hydrogens (tertiary/aromatic N) is 5. The molecule has 3 heterocycles. The summed E-state index contributed by atoms with van der Waals surface area (Å²) in [6, 6.07) is 8.09. The summed E-state index contributed by atoms with van der Waals surface area (Å²) in [6.45, 7) is 11.5. The number of ether oxygens (including phenoxy) is 2. The van der Waals surface area contributed by atoms with Gasteiger partial charge in [-0.05, 0) is 18.9 Å². The van der Waals surface area contributed by atoms with Gasteiger partial charge in [-0.25, -0.2) is 9.97 Å². The van der Waals surface area contributed by atoms with Crippen LogP contribution in [0.5, 0.6) is 0 Å². The Labute approximate surface area is 315 Å². The molecule has 0 bridgehead atoms. The second-order valence-corrected chi connectivity index (χ2v) is 14.0. The Morgan fingerprint density at radius 1 is 0.736 bits per heavy atom. The Morgan fingerprint density at radius 2 is 1.42 bits per heavy atom. The predicted molar refractivity (Wildman–Crippen MR) is 211 cm³/mol. The number of unbranched alkanes of at least 4 members (excludes halogenated alkanes) is 7. The van der Waals surface area contributed by atoms with Crippen LogP contribution in [0.3, 0.4) is 0 Å². The maximum Gasteiger partial charge on any atom is 0.223 e. The molecule has 3 amide bonds. The van der Waals surface area contributed by atoms with Crippen molar-refractivity contribution in [2.24, 2.45) is 0 Å². The number of anilines is 1. The van der Waals surface area contributed by atoms with E-state index in [9.17, 15) is 14.4 Å². The zero-order chi connectivity index (χ0) is 37.7. The predicted octanol–water partition coefficient (Wildman–Crippen LogP) is 4.84. The van der Waals surface area contributed by atoms with Crippen LogP contribution in [-0.4, -0.2) is 114 Å². The molecule has 0 spiro atoms. The van der Waals surface area contributed by atoms with Gasteiger partial charge in [0.25, 0.3) is 0 Å². The summed E-state index contributed by atoms with van der Waals surface area (Å²) in [7, 11) is 0. The molecule has 1 fully saturated rings. The number of nitrogen functional groups attached to an aromatic ring is 1. The topological polar surface area (TPSA) is 157 Å². The molecule has 4 N–H and O–H groups in total. The highest BCUT2D eigenvalue weighted by Gasteiger charge is 2.23. The smallest absolute Gasteiger partial charge is 0.223 e. The van der Waals surface area contributed by atoms with Gasteiger partial charge < -0.3 is 35.3 Å². The third-order valence-corrected chi connectivity index (χ3v) is 9.89. The van der Waals surface area contributed by atoms with Crippen LogP contribution in [0, 0.1) is 0 Å². The number of carbonyl (C=O) groups is 3. The Hall–Kier alpha value is -3.81. The number of hydrogen-bond donors (Lipinski definition) is 3. The number of nitrogens with two attached hydrogens (primary N) is 1. The molecule has 2 aromatic heterocycles. The minimum absolute atomic E-state index is 0.0107. The quantitative estimate of drug-likeness (QED) is 0.0982. The third-order valence-electron chi connectivity index (χ3n) is 9.89. The maximum atomic E-state index is 12.9. The summed E-state index contributed by atoms with van der Waals surface area (Å²) in [4.78, 5) is 51.0. The Bertz CT molecular complexity index is 1550. The van der Waals surface area contributed by atoms with Crippen LogP contribution >= 0.6 is 0 Å². The van der Waals surface area contributed by atoms with E-state index < -0.39 is 0 Å². The number of amides is 3. The number of carbonyl (C=O) groups excluding carboxylic acids is 3. The van der Waals surface area contributed by atoms with Crippen molar-refractivity contribution in [1.29, 1.82) is 0 Å². The summed E-state index contributed by atoms with van der Waals surface area (Å²) in [5.74, 6) is 1.38. The second-order valence-electron chi connectivity index (χ2n) is 14.0. The van der Waals surface area contributed by atoms with Crippen LogP contribution in [0.25, 0.3) is 21.9 Å². The van der Waals surface area contributed by atoms with Gasteiger partial charge in [-0.15, -0.1) is 0 Å². The molecular weight excluding hydrogens is 672 g/mol. The molecule has 0 unspecified atom stereocenters. The lowest BCUT2D eigenvalue weighted by molar-refractivity contribution is -0.135. The molecule has 0 aliphatic carbocycles. The number of piperazine rings is 1. The maximum absolute atomic E-state index is 12.9. The fourth-order valence-corrected chi connectivity index (χ4v) is 6.75. The molecule has 1 saturated heterocycles. The van der Waals surface area contributed by atoms with E-state index in [4.69, 9.17) is 20.2 Å². The molecule has 1 aliphatic rings. The van der Waals surface area contributed by atoms with Crippen molar-refractivity contribution in [3.63, 3.8) is 0 Å². The van der Waals surface area contributed by atoms with Gasteiger partial charge in [-0.3, -0.25) is 19.3 Å². The molecular formula is C40H64N8O5. The lowest BCUT2D eigenvalue weighted by Crippen LogP contribution is -2.49. The first-order valence-electron chi connectivity index (χ1n) is 20.1. The average Bonchev–Trinajstić information content (AvgIpc) is 3.55. The van der Waals surface area contributed by atoms with E-state index in [-0.39, 0.29) is 30.6 Å². The highest BCUT2D eigenvalue weighted by Crippen LogP contribution is 2.29. The zero-order valence-corrected chi connectivity index (χ0v) is 32.3. The van der Waals surface area contributed by atoms with Crippen LogP contribution in [0.1, 0.15) is 96.7 Å². The first-order valence-corrected chi connectivity index (χ1v) is 20.1. The van der Waals surface area contributed by atoms with E-state index in [0.717, 1.165) is 92.6 Å². The van der Waals surface area contributed by atoms with Crippen molar-refractivity contribution in [3.8, 4) is 0 Å². The molecule has 13 nitrogen and oxygen atoms in total. The van der Waals surface area contributed by atoms with Gasteiger partial charge in [-0.1, -0.05) is 77.0 Å². The van der Waals surface area contributed by atoms with Gasteiger partial charge in [0.1, 0.15) is 11.3 Å². The fourth-order valence-electron chi connectivity index (χ4n) is 6.75. The average molecular weight is 737 g/mol. The summed E-state index contributed by atoms with van der Waals surface area (Å²) in [5.41, 5.74) is 9.06. The number of imidazole rings is 1. The summed E-state index contributed by atoms with van der Waals surface area (Å²) in [6.07, 6.45) is 12.3. The lowest BCUT2D eigenvalue weighted by atomic mass is 10.1. The number of para-hydroxylation sites is 1. The van der Waals surface area contributed by atoms with Crippen LogP contribution in [-0.2, 0) is 36.8 Å². The molecule has 1 aromatic carbocycles. The lowest BCUT2D eigenvalue weighted by Gasteiger charge is -2.35. The number of rotatable bonds is 26. The highest BCUT2D eigenvalue weighted by atomic mass is 16.5. The van der Waals surface area contributed by atoms with E-state index in [2.05, 4.69) is 45.0 Å². The van der Waals surface area contributed by atoms with Gasteiger partial charge >= 0.3 is 0 Å². The van der Waals surface area contributed by atoms with Gasteiger partial charge in [0.15, 0.2) is 5.82 Å². The molecule has 294 valence electrons. The Kier molecular flexibility index (Phi) is 18.8. The standard InChI is InChI=1S/C40H64N8O5/c1-3-5-7-8-9-10-13-20-42-36(50)19-28-52-30-31-53-29-21-43-35(49)17-18-37(51)47-25-22-46(23-26-47)24-27-48-34(16-6-4-2)45-38-39(48)32-14-11-12-15-33(32)44-40(38)41/h11-12,14-15H,3-10,13,16-31H2,1-2H3,(H2,41,44)(H,42,50)(H,43,49). The number of aryl methyl sites for hydroxylation is 1. The Morgan fingerprint density at radius 3 is 2.19 bits per heavy atom. The Balaban J connectivity index is 1.03. The van der Waals surface area contributed by atoms with Crippen LogP contribution in [0.4, 0.5) is 5.82 Å². The summed E-state index contributed by atoms with van der Waals surface area (Å²) < 4.78 is 13.3. The van der Waals surface area contributed by atoms with Crippen molar-refractivity contribution >= 4 is 45.5 Å². The molecule has 4 rings (SSSR count). The van der Waals surface area contributed by atoms with Crippen molar-refractivity contribution < 1.29 is 23.9 Å². The number of benzene rings is 1. The monoisotopic (exact) mass is 736 g/mol. The van der Waals surface area contributed by atoms with Crippen molar-refractivity contribution in [3.05, 3.63) is 30.1 Å². The zero-order valence-electron chi connectivity index (χ0n) is 32.3. The minimum Gasteiger partial charge on any atom is -0.382 e. The van der Waals surface area contributed by atoms with E-state index in [1.165, 1.54) is 32.1 Å². The normalized spacial score (nSPS) is 13.6. The molecule has 1 aliphatic heterocycles. The third kappa shape index (κ3) is 14.2. The van der Waals surface area contributed by atoms with Gasteiger partial charge in [0.05, 0.1) is 37.5 Å². The van der Waals surface area contributed by atoms with E-state index in [1.807, 2.05) is 23.1 Å². The first kappa shape index (κ1) is 41.9. The largest absolute Gasteiger partial charge is 0.382 e. The first-order chi connectivity index (χ1) is 25.9. The van der Waals surface area contributed by atoms with Crippen LogP contribution in [0.2, 0.25) is 0 Å². The molecule has 53 heavy (non-hydrogen) atoms. The van der Waals surface area contributed by atoms with Crippen LogP contribution < -0.4 is 16.4 Å². The fraction of sp³-hybridized carbons (Fsp3) is 0.675. The number of hydrogen-bond acceptors (Lipinski definition) is 9. The SMILES string of the molecule is CCCCCCCCCNC(=O)CCOCCOCCNC(=O)CCC(=O)N1CCN(CCn2c(CCCC)nc3c(N)nc4ccccc4c32)CC1. The number of nitrogens with one attached hydrogen (secondary N) is 2. The van der Waals surface area contributed by atoms with Gasteiger partial charge in [0.2, 0.25) is 17.7 Å². The molecule has 3 aromatic rings. The molecule has 0 radical (unpaired) electrons. The highest BCUT2D eigenvalue weighted by molar-refractivity contribution is 6.06. The van der Waals surface area contributed by atoms with E-state index in [1.54, 1.807) is 0 Å². The van der Waals surface area contributed by atoms with E-state index >= 15 is 0 Å². The summed E-state index contributed by atoms with van der Waals surface area (Å²) in [5, 5.41) is 6.84. The molecule has 0 saturated carbocycles. The number of fused-ring (bicyclic) bond motifs is 3. The molecule has 0 atom stereocenters. The number of aromatic nitrogens is 3. The number of pyridine rings is 1. The van der Waals surface area contributed by atoms with Crippen molar-refractivity contribution in [1.82, 2.24) is 35.0 Å². The van der Waals surface area contributed by atoms with Crippen molar-refractivity contribution in [2.45, 2.75) is 104 Å².